The van der Waals surface area contributed by atoms with Crippen LogP contribution in [0.4, 0.5) is 0 Å². The Bertz CT molecular complexity index is 621. The van der Waals surface area contributed by atoms with Gasteiger partial charge in [0.2, 0.25) is 0 Å². The summed E-state index contributed by atoms with van der Waals surface area (Å²) in [5.41, 5.74) is 0.889. The number of aliphatic hydroxyl groups excluding tert-OH is 1. The van der Waals surface area contributed by atoms with Crippen molar-refractivity contribution in [3.05, 3.63) is 42.0 Å². The SMILES string of the molecule is COC(=O)C(O)C(C)c1ccc2cc(OC)ccc2c1. The van der Waals surface area contributed by atoms with Crippen molar-refractivity contribution in [1.29, 1.82) is 0 Å². The second-order valence-corrected chi connectivity index (χ2v) is 4.73. The maximum atomic E-state index is 11.4. The molecule has 106 valence electrons. The summed E-state index contributed by atoms with van der Waals surface area (Å²) in [6, 6.07) is 11.6. The van der Waals surface area contributed by atoms with Crippen molar-refractivity contribution < 1.29 is 19.4 Å². The minimum Gasteiger partial charge on any atom is -0.497 e. The van der Waals surface area contributed by atoms with Gasteiger partial charge in [0.05, 0.1) is 14.2 Å². The summed E-state index contributed by atoms with van der Waals surface area (Å²) in [7, 11) is 2.90. The molecule has 0 aliphatic carbocycles. The molecule has 1 N–H and O–H groups in total. The Hall–Kier alpha value is -2.07. The van der Waals surface area contributed by atoms with Crippen molar-refractivity contribution >= 4 is 16.7 Å². The number of aliphatic hydroxyl groups is 1. The summed E-state index contributed by atoms with van der Waals surface area (Å²) < 4.78 is 9.75. The number of hydrogen-bond donors (Lipinski definition) is 1. The molecular weight excluding hydrogens is 256 g/mol. The maximum absolute atomic E-state index is 11.4. The predicted octanol–water partition coefficient (Wildman–Crippen LogP) is 2.49. The van der Waals surface area contributed by atoms with Crippen molar-refractivity contribution in [1.82, 2.24) is 0 Å². The summed E-state index contributed by atoms with van der Waals surface area (Å²) >= 11 is 0. The van der Waals surface area contributed by atoms with E-state index in [4.69, 9.17) is 4.74 Å². The zero-order valence-electron chi connectivity index (χ0n) is 11.8. The predicted molar refractivity (Wildman–Crippen MR) is 76.9 cm³/mol. The summed E-state index contributed by atoms with van der Waals surface area (Å²) in [5, 5.41) is 12.0. The van der Waals surface area contributed by atoms with Crippen LogP contribution in [0.15, 0.2) is 36.4 Å². The molecule has 0 spiro atoms. The minimum atomic E-state index is -1.16. The van der Waals surface area contributed by atoms with E-state index in [0.29, 0.717) is 0 Å². The topological polar surface area (TPSA) is 55.8 Å². The van der Waals surface area contributed by atoms with Gasteiger partial charge in [0.15, 0.2) is 6.10 Å². The number of carbonyl (C=O) groups excluding carboxylic acids is 1. The van der Waals surface area contributed by atoms with Gasteiger partial charge in [-0.3, -0.25) is 0 Å². The van der Waals surface area contributed by atoms with E-state index in [0.717, 1.165) is 22.1 Å². The fourth-order valence-electron chi connectivity index (χ4n) is 2.16. The first kappa shape index (κ1) is 14.3. The van der Waals surface area contributed by atoms with Crippen molar-refractivity contribution in [3.8, 4) is 5.75 Å². The normalized spacial score (nSPS) is 13.8. The molecule has 0 aliphatic rings. The maximum Gasteiger partial charge on any atom is 0.335 e. The van der Waals surface area contributed by atoms with Gasteiger partial charge in [-0.2, -0.15) is 0 Å². The number of hydrogen-bond acceptors (Lipinski definition) is 4. The van der Waals surface area contributed by atoms with Crippen LogP contribution in [0.25, 0.3) is 10.8 Å². The van der Waals surface area contributed by atoms with E-state index in [1.165, 1.54) is 7.11 Å². The van der Waals surface area contributed by atoms with E-state index in [9.17, 15) is 9.90 Å². The molecule has 4 nitrogen and oxygen atoms in total. The Morgan fingerprint density at radius 1 is 1.10 bits per heavy atom. The molecule has 2 rings (SSSR count). The molecule has 20 heavy (non-hydrogen) atoms. The van der Waals surface area contributed by atoms with E-state index < -0.39 is 12.1 Å². The number of fused-ring (bicyclic) bond motifs is 1. The Balaban J connectivity index is 2.34. The quantitative estimate of drug-likeness (QED) is 0.870. The lowest BCUT2D eigenvalue weighted by Crippen LogP contribution is -2.27. The van der Waals surface area contributed by atoms with E-state index >= 15 is 0 Å². The van der Waals surface area contributed by atoms with Crippen LogP contribution < -0.4 is 4.74 Å². The first-order chi connectivity index (χ1) is 9.56. The average molecular weight is 274 g/mol. The van der Waals surface area contributed by atoms with Crippen LogP contribution in [-0.4, -0.2) is 31.4 Å². The number of methoxy groups -OCH3 is 2. The summed E-state index contributed by atoms with van der Waals surface area (Å²) in [6.07, 6.45) is -1.16. The number of esters is 1. The molecule has 0 radical (unpaired) electrons. The van der Waals surface area contributed by atoms with Gasteiger partial charge in [-0.25, -0.2) is 4.79 Å². The molecule has 0 aliphatic heterocycles. The molecule has 0 amide bonds. The number of rotatable bonds is 4. The Labute approximate surface area is 117 Å². The van der Waals surface area contributed by atoms with E-state index in [-0.39, 0.29) is 5.92 Å². The zero-order chi connectivity index (χ0) is 14.7. The lowest BCUT2D eigenvalue weighted by Gasteiger charge is -2.17. The fourth-order valence-corrected chi connectivity index (χ4v) is 2.16. The first-order valence-corrected chi connectivity index (χ1v) is 6.40. The van der Waals surface area contributed by atoms with Crippen LogP contribution in [0.3, 0.4) is 0 Å². The second-order valence-electron chi connectivity index (χ2n) is 4.73. The van der Waals surface area contributed by atoms with E-state index in [2.05, 4.69) is 4.74 Å². The molecule has 2 aromatic carbocycles. The molecule has 4 heteroatoms. The van der Waals surface area contributed by atoms with Crippen molar-refractivity contribution in [2.45, 2.75) is 18.9 Å². The van der Waals surface area contributed by atoms with Crippen LogP contribution in [0, 0.1) is 0 Å². The Morgan fingerprint density at radius 2 is 1.75 bits per heavy atom. The summed E-state index contributed by atoms with van der Waals surface area (Å²) in [4.78, 5) is 11.4. The van der Waals surface area contributed by atoms with Gasteiger partial charge in [0.1, 0.15) is 5.75 Å². The van der Waals surface area contributed by atoms with Crippen LogP contribution in [0.2, 0.25) is 0 Å². The lowest BCUT2D eigenvalue weighted by molar-refractivity contribution is -0.151. The smallest absolute Gasteiger partial charge is 0.335 e. The Kier molecular flexibility index (Phi) is 4.25. The molecule has 0 bridgehead atoms. The number of ether oxygens (including phenoxy) is 2. The largest absolute Gasteiger partial charge is 0.497 e. The van der Waals surface area contributed by atoms with Gasteiger partial charge in [-0.15, -0.1) is 0 Å². The molecular formula is C16H18O4. The van der Waals surface area contributed by atoms with Crippen molar-refractivity contribution in [3.63, 3.8) is 0 Å². The molecule has 0 fully saturated rings. The van der Waals surface area contributed by atoms with Gasteiger partial charge < -0.3 is 14.6 Å². The first-order valence-electron chi connectivity index (χ1n) is 6.40. The fraction of sp³-hybridized carbons (Fsp3) is 0.312. The molecule has 2 aromatic rings. The third-order valence-corrected chi connectivity index (χ3v) is 3.51. The van der Waals surface area contributed by atoms with Gasteiger partial charge in [-0.1, -0.05) is 31.2 Å². The van der Waals surface area contributed by atoms with Crippen LogP contribution in [-0.2, 0) is 9.53 Å². The average Bonchev–Trinajstić information content (AvgIpc) is 2.51. The van der Waals surface area contributed by atoms with E-state index in [1.54, 1.807) is 14.0 Å². The molecule has 0 heterocycles. The number of carbonyl (C=O) groups is 1. The number of benzene rings is 2. The summed E-state index contributed by atoms with van der Waals surface area (Å²) in [6.45, 7) is 1.80. The highest BCUT2D eigenvalue weighted by atomic mass is 16.5. The Morgan fingerprint density at radius 3 is 2.40 bits per heavy atom. The van der Waals surface area contributed by atoms with Gasteiger partial charge in [0, 0.05) is 5.92 Å². The zero-order valence-corrected chi connectivity index (χ0v) is 11.8. The lowest BCUT2D eigenvalue weighted by atomic mass is 9.93. The third kappa shape index (κ3) is 2.75. The van der Waals surface area contributed by atoms with Crippen molar-refractivity contribution in [2.24, 2.45) is 0 Å². The molecule has 0 aromatic heterocycles. The minimum absolute atomic E-state index is 0.325. The second kappa shape index (κ2) is 5.92. The highest BCUT2D eigenvalue weighted by Gasteiger charge is 2.24. The summed E-state index contributed by atoms with van der Waals surface area (Å²) in [5.74, 6) is -0.144. The highest BCUT2D eigenvalue weighted by Crippen LogP contribution is 2.26. The molecule has 2 atom stereocenters. The standard InChI is InChI=1S/C16H18O4/c1-10(15(17)16(18)20-3)11-4-5-13-9-14(19-2)7-6-12(13)8-11/h4-10,15,17H,1-3H3. The molecule has 0 saturated carbocycles. The molecule has 2 unspecified atom stereocenters. The monoisotopic (exact) mass is 274 g/mol. The van der Waals surface area contributed by atoms with Crippen LogP contribution >= 0.6 is 0 Å². The molecule has 0 saturated heterocycles. The van der Waals surface area contributed by atoms with Crippen LogP contribution in [0.1, 0.15) is 18.4 Å². The van der Waals surface area contributed by atoms with Gasteiger partial charge >= 0.3 is 5.97 Å². The van der Waals surface area contributed by atoms with Crippen LogP contribution in [0.5, 0.6) is 5.75 Å². The van der Waals surface area contributed by atoms with Gasteiger partial charge in [0.25, 0.3) is 0 Å². The van der Waals surface area contributed by atoms with E-state index in [1.807, 2.05) is 36.4 Å². The third-order valence-electron chi connectivity index (χ3n) is 3.51. The van der Waals surface area contributed by atoms with Gasteiger partial charge in [-0.05, 0) is 28.5 Å². The van der Waals surface area contributed by atoms with Crippen molar-refractivity contribution in [2.75, 3.05) is 14.2 Å². The highest BCUT2D eigenvalue weighted by molar-refractivity contribution is 5.85.